The summed E-state index contributed by atoms with van der Waals surface area (Å²) in [7, 11) is 0. The molecule has 5 N–H and O–H groups in total. The summed E-state index contributed by atoms with van der Waals surface area (Å²) in [6, 6.07) is 7.32. The van der Waals surface area contributed by atoms with Crippen molar-refractivity contribution < 1.29 is 9.90 Å². The number of aryl methyl sites for hydroxylation is 1. The number of aliphatic hydroxyl groups excluding tert-OH is 1. The zero-order chi connectivity index (χ0) is 21.0. The molecule has 2 aromatic heterocycles. The highest BCUT2D eigenvalue weighted by Crippen LogP contribution is 2.32. The molecule has 1 aromatic carbocycles. The van der Waals surface area contributed by atoms with Crippen LogP contribution in [0.15, 0.2) is 41.7 Å². The molecule has 0 bridgehead atoms. The normalized spacial score (nSPS) is 12.8. The Labute approximate surface area is 170 Å². The molecule has 0 fully saturated rings. The third-order valence-corrected chi connectivity index (χ3v) is 5.04. The number of nitrogens with two attached hydrogens (primary N) is 1. The average molecular weight is 413 g/mol. The SMILES string of the molecule is Cc1nc(NC(=O)[C@@H](N)[C@H](C)O)sc1-c1ccnc(Nc2cccc(N=O)c2)n1. The van der Waals surface area contributed by atoms with Crippen LogP contribution >= 0.6 is 11.3 Å². The maximum Gasteiger partial charge on any atom is 0.245 e. The Balaban J connectivity index is 1.80. The number of carbonyl (C=O) groups is 1. The van der Waals surface area contributed by atoms with Crippen LogP contribution in [0.3, 0.4) is 0 Å². The topological polar surface area (TPSA) is 155 Å². The van der Waals surface area contributed by atoms with Crippen molar-refractivity contribution in [3.8, 4) is 10.6 Å². The van der Waals surface area contributed by atoms with Crippen LogP contribution in [0.2, 0.25) is 0 Å². The molecular formula is C18H19N7O3S. The molecule has 2 heterocycles. The highest BCUT2D eigenvalue weighted by molar-refractivity contribution is 7.19. The van der Waals surface area contributed by atoms with E-state index in [1.807, 2.05) is 0 Å². The number of aliphatic hydroxyl groups is 1. The van der Waals surface area contributed by atoms with Crippen LogP contribution in [0.25, 0.3) is 10.6 Å². The lowest BCUT2D eigenvalue weighted by Gasteiger charge is -2.12. The van der Waals surface area contributed by atoms with E-state index in [-0.39, 0.29) is 0 Å². The van der Waals surface area contributed by atoms with E-state index in [0.29, 0.717) is 33.8 Å². The maximum atomic E-state index is 12.0. The number of rotatable bonds is 7. The van der Waals surface area contributed by atoms with Gasteiger partial charge in [-0.05, 0) is 43.3 Å². The third-order valence-electron chi connectivity index (χ3n) is 3.95. The number of anilines is 3. The predicted octanol–water partition coefficient (Wildman–Crippen LogP) is 2.70. The molecule has 0 radical (unpaired) electrons. The molecule has 0 spiro atoms. The Morgan fingerprint density at radius 2 is 2.10 bits per heavy atom. The molecule has 11 heteroatoms. The second-order valence-corrected chi connectivity index (χ2v) is 7.22. The Kier molecular flexibility index (Phi) is 6.22. The van der Waals surface area contributed by atoms with Gasteiger partial charge in [0.25, 0.3) is 0 Å². The molecule has 150 valence electrons. The Hall–Kier alpha value is -3.28. The van der Waals surface area contributed by atoms with Crippen LogP contribution in [0, 0.1) is 11.8 Å². The van der Waals surface area contributed by atoms with Crippen LogP contribution < -0.4 is 16.4 Å². The number of carbonyl (C=O) groups excluding carboxylic acids is 1. The molecule has 0 aliphatic rings. The van der Waals surface area contributed by atoms with Gasteiger partial charge in [0.05, 0.1) is 22.4 Å². The van der Waals surface area contributed by atoms with E-state index in [1.54, 1.807) is 43.5 Å². The Bertz CT molecular complexity index is 1040. The molecule has 0 aliphatic carbocycles. The van der Waals surface area contributed by atoms with Crippen molar-refractivity contribution >= 4 is 39.7 Å². The van der Waals surface area contributed by atoms with Crippen molar-refractivity contribution in [1.29, 1.82) is 0 Å². The monoisotopic (exact) mass is 413 g/mol. The number of nitrogens with one attached hydrogen (secondary N) is 2. The van der Waals surface area contributed by atoms with E-state index in [4.69, 9.17) is 5.73 Å². The highest BCUT2D eigenvalue weighted by atomic mass is 32.1. The van der Waals surface area contributed by atoms with Crippen molar-refractivity contribution in [3.63, 3.8) is 0 Å². The van der Waals surface area contributed by atoms with Crippen LogP contribution in [0.4, 0.5) is 22.5 Å². The predicted molar refractivity (Wildman–Crippen MR) is 111 cm³/mol. The Morgan fingerprint density at radius 3 is 2.83 bits per heavy atom. The molecule has 1 amide bonds. The second-order valence-electron chi connectivity index (χ2n) is 6.22. The first-order valence-electron chi connectivity index (χ1n) is 8.63. The lowest BCUT2D eigenvalue weighted by molar-refractivity contribution is -0.119. The van der Waals surface area contributed by atoms with Gasteiger partial charge in [-0.2, -0.15) is 0 Å². The number of hydrogen-bond acceptors (Lipinski definition) is 10. The summed E-state index contributed by atoms with van der Waals surface area (Å²) in [5.41, 5.74) is 7.84. The molecule has 2 atom stereocenters. The van der Waals surface area contributed by atoms with E-state index >= 15 is 0 Å². The number of aromatic nitrogens is 3. The van der Waals surface area contributed by atoms with Gasteiger partial charge in [0.2, 0.25) is 11.9 Å². The molecule has 29 heavy (non-hydrogen) atoms. The number of hydrogen-bond donors (Lipinski definition) is 4. The summed E-state index contributed by atoms with van der Waals surface area (Å²) in [5, 5.41) is 18.3. The molecule has 10 nitrogen and oxygen atoms in total. The van der Waals surface area contributed by atoms with E-state index in [0.717, 1.165) is 4.88 Å². The first-order valence-corrected chi connectivity index (χ1v) is 9.45. The summed E-state index contributed by atoms with van der Waals surface area (Å²) in [4.78, 5) is 36.4. The Morgan fingerprint density at radius 1 is 1.31 bits per heavy atom. The molecular weight excluding hydrogens is 394 g/mol. The number of thiazole rings is 1. The highest BCUT2D eigenvalue weighted by Gasteiger charge is 2.21. The van der Waals surface area contributed by atoms with Crippen molar-refractivity contribution in [2.24, 2.45) is 10.9 Å². The maximum absolute atomic E-state index is 12.0. The average Bonchev–Trinajstić information content (AvgIpc) is 3.07. The fourth-order valence-corrected chi connectivity index (χ4v) is 3.35. The standard InChI is InChI=1S/C18H19N7O3S/c1-9-15(29-18(21-9)24-16(27)14(19)10(2)26)13-6-7-20-17(23-13)22-11-4-3-5-12(8-11)25-28/h3-8,10,14,26H,19H2,1-2H3,(H,20,22,23)(H,21,24,27)/t10-,14-/m0/s1. The lowest BCUT2D eigenvalue weighted by atomic mass is 10.2. The second kappa shape index (κ2) is 8.82. The van der Waals surface area contributed by atoms with Crippen LogP contribution in [-0.4, -0.2) is 38.1 Å². The van der Waals surface area contributed by atoms with E-state index < -0.39 is 18.1 Å². The first kappa shape index (κ1) is 20.5. The molecule has 3 rings (SSSR count). The summed E-state index contributed by atoms with van der Waals surface area (Å²) in [5.74, 6) is -0.186. The van der Waals surface area contributed by atoms with Gasteiger partial charge in [-0.1, -0.05) is 17.4 Å². The van der Waals surface area contributed by atoms with E-state index in [2.05, 4.69) is 30.8 Å². The van der Waals surface area contributed by atoms with Crippen LogP contribution in [0.1, 0.15) is 12.6 Å². The number of nitrogens with zero attached hydrogens (tertiary/aromatic N) is 4. The fraction of sp³-hybridized carbons (Fsp3) is 0.222. The minimum atomic E-state index is -1.05. The summed E-state index contributed by atoms with van der Waals surface area (Å²) >= 11 is 1.24. The van der Waals surface area contributed by atoms with Gasteiger partial charge in [0, 0.05) is 11.9 Å². The van der Waals surface area contributed by atoms with Crippen molar-refractivity contribution in [2.45, 2.75) is 26.0 Å². The molecule has 0 unspecified atom stereocenters. The smallest absolute Gasteiger partial charge is 0.245 e. The lowest BCUT2D eigenvalue weighted by Crippen LogP contribution is -2.43. The number of nitroso groups, excluding NO2 is 1. The minimum Gasteiger partial charge on any atom is -0.391 e. The fourth-order valence-electron chi connectivity index (χ4n) is 2.41. The minimum absolute atomic E-state index is 0.292. The van der Waals surface area contributed by atoms with Gasteiger partial charge < -0.3 is 21.5 Å². The first-order chi connectivity index (χ1) is 13.9. The zero-order valence-electron chi connectivity index (χ0n) is 15.7. The van der Waals surface area contributed by atoms with Gasteiger partial charge >= 0.3 is 0 Å². The zero-order valence-corrected chi connectivity index (χ0v) is 16.5. The quantitative estimate of drug-likeness (QED) is 0.431. The molecule has 0 saturated heterocycles. The number of benzene rings is 1. The van der Waals surface area contributed by atoms with Gasteiger partial charge in [-0.15, -0.1) is 4.91 Å². The van der Waals surface area contributed by atoms with Gasteiger partial charge in [0.15, 0.2) is 5.13 Å². The molecule has 3 aromatic rings. The number of amides is 1. The van der Waals surface area contributed by atoms with Crippen molar-refractivity contribution in [2.75, 3.05) is 10.6 Å². The van der Waals surface area contributed by atoms with Crippen LogP contribution in [0.5, 0.6) is 0 Å². The third kappa shape index (κ3) is 4.96. The van der Waals surface area contributed by atoms with Gasteiger partial charge in [0.1, 0.15) is 11.7 Å². The van der Waals surface area contributed by atoms with Gasteiger partial charge in [-0.3, -0.25) is 4.79 Å². The molecule has 0 saturated carbocycles. The van der Waals surface area contributed by atoms with E-state index in [1.165, 1.54) is 18.3 Å². The summed E-state index contributed by atoms with van der Waals surface area (Å²) in [6.45, 7) is 3.24. The summed E-state index contributed by atoms with van der Waals surface area (Å²) < 4.78 is 0. The van der Waals surface area contributed by atoms with Crippen molar-refractivity contribution in [1.82, 2.24) is 15.0 Å². The molecule has 0 aliphatic heterocycles. The van der Waals surface area contributed by atoms with Crippen LogP contribution in [-0.2, 0) is 4.79 Å². The van der Waals surface area contributed by atoms with Crippen molar-refractivity contribution in [3.05, 3.63) is 47.1 Å². The van der Waals surface area contributed by atoms with E-state index in [9.17, 15) is 14.8 Å². The van der Waals surface area contributed by atoms with Gasteiger partial charge in [-0.25, -0.2) is 15.0 Å². The largest absolute Gasteiger partial charge is 0.391 e. The summed E-state index contributed by atoms with van der Waals surface area (Å²) in [6.07, 6.45) is 0.617.